The van der Waals surface area contributed by atoms with E-state index < -0.39 is 18.7 Å². The van der Waals surface area contributed by atoms with Crippen LogP contribution in [0.1, 0.15) is 12.0 Å². The van der Waals surface area contributed by atoms with Crippen LogP contribution in [0.5, 0.6) is 5.75 Å². The lowest BCUT2D eigenvalue weighted by molar-refractivity contribution is -0.142. The molecule has 1 N–H and O–H groups in total. The van der Waals surface area contributed by atoms with Crippen LogP contribution < -0.4 is 9.04 Å². The predicted octanol–water partition coefficient (Wildman–Crippen LogP) is 3.45. The van der Waals surface area contributed by atoms with Gasteiger partial charge in [-0.05, 0) is 29.2 Å². The molecule has 0 radical (unpaired) electrons. The number of halogens is 3. The van der Waals surface area contributed by atoms with Crippen molar-refractivity contribution in [2.24, 2.45) is 0 Å². The highest BCUT2D eigenvalue weighted by Gasteiger charge is 2.34. The number of hydrogen-bond donors (Lipinski definition) is 1. The molecule has 172 valence electrons. The lowest BCUT2D eigenvalue weighted by Crippen LogP contribution is -2.24. The Bertz CT molecular complexity index is 1250. The van der Waals surface area contributed by atoms with E-state index in [1.165, 1.54) is 16.6 Å². The Hall–Kier alpha value is -3.48. The van der Waals surface area contributed by atoms with Gasteiger partial charge in [0.2, 0.25) is 5.95 Å². The van der Waals surface area contributed by atoms with Crippen molar-refractivity contribution in [1.82, 2.24) is 24.5 Å². The molecule has 33 heavy (non-hydrogen) atoms. The Morgan fingerprint density at radius 2 is 2.09 bits per heavy atom. The molecule has 13 heteroatoms. The molecule has 0 spiro atoms. The number of carboxylic acids is 1. The molecule has 0 fully saturated rings. The first kappa shape index (κ1) is 21.4. The molecule has 1 aromatic carbocycles. The first-order valence-electron chi connectivity index (χ1n) is 9.91. The number of aliphatic carboxylic acids is 1. The predicted molar refractivity (Wildman–Crippen MR) is 113 cm³/mol. The summed E-state index contributed by atoms with van der Waals surface area (Å²) in [5, 5.41) is 16.7. The summed E-state index contributed by atoms with van der Waals surface area (Å²) in [6.07, 6.45) is 0.584. The van der Waals surface area contributed by atoms with Gasteiger partial charge in [0.05, 0.1) is 19.3 Å². The zero-order valence-corrected chi connectivity index (χ0v) is 17.8. The molecule has 2 aromatic heterocycles. The number of carboxylic acid groups (broad SMARTS) is 1. The van der Waals surface area contributed by atoms with Gasteiger partial charge in [-0.3, -0.25) is 13.8 Å². The molecule has 0 aliphatic carbocycles. The molecule has 0 bridgehead atoms. The van der Waals surface area contributed by atoms with Crippen molar-refractivity contribution in [3.8, 4) is 16.9 Å². The van der Waals surface area contributed by atoms with Crippen LogP contribution in [-0.2, 0) is 17.9 Å². The summed E-state index contributed by atoms with van der Waals surface area (Å²) in [7, 11) is 0. The summed E-state index contributed by atoms with van der Waals surface area (Å²) in [6, 6.07) is 5.66. The van der Waals surface area contributed by atoms with Crippen molar-refractivity contribution in [2.45, 2.75) is 25.7 Å². The molecule has 3 aromatic rings. The van der Waals surface area contributed by atoms with Crippen LogP contribution in [0, 0.1) is 0 Å². The fourth-order valence-electron chi connectivity index (χ4n) is 3.79. The maximum Gasteiger partial charge on any atom is 0.408 e. The van der Waals surface area contributed by atoms with E-state index in [4.69, 9.17) is 9.84 Å². The van der Waals surface area contributed by atoms with E-state index in [0.29, 0.717) is 25.3 Å². The SMILES string of the molecule is O=C(O)Cn1cc(-c2ccc3c(c2)OCCC2=C3CN(c3ncnn3CC(F)(F)F)S2)cn1. The van der Waals surface area contributed by atoms with Crippen molar-refractivity contribution >= 4 is 29.4 Å². The van der Waals surface area contributed by atoms with Crippen molar-refractivity contribution < 1.29 is 27.8 Å². The second kappa shape index (κ2) is 8.14. The minimum absolute atomic E-state index is 0.148. The molecule has 0 saturated carbocycles. The number of carbonyl (C=O) groups is 1. The second-order valence-electron chi connectivity index (χ2n) is 7.49. The largest absolute Gasteiger partial charge is 0.493 e. The first-order chi connectivity index (χ1) is 15.8. The minimum atomic E-state index is -4.40. The van der Waals surface area contributed by atoms with E-state index in [2.05, 4.69) is 15.2 Å². The number of fused-ring (bicyclic) bond motifs is 2. The molecule has 5 rings (SSSR count). The van der Waals surface area contributed by atoms with Crippen LogP contribution in [0.25, 0.3) is 16.7 Å². The van der Waals surface area contributed by atoms with Crippen LogP contribution >= 0.6 is 11.9 Å². The van der Waals surface area contributed by atoms with Gasteiger partial charge in [0, 0.05) is 28.6 Å². The maximum absolute atomic E-state index is 12.9. The second-order valence-corrected chi connectivity index (χ2v) is 8.61. The summed E-state index contributed by atoms with van der Waals surface area (Å²) in [4.78, 5) is 15.9. The molecular weight excluding hydrogens is 461 g/mol. The number of nitrogens with zero attached hydrogens (tertiary/aromatic N) is 6. The summed E-state index contributed by atoms with van der Waals surface area (Å²) in [5.41, 5.74) is 3.41. The summed E-state index contributed by atoms with van der Waals surface area (Å²) < 4.78 is 48.6. The van der Waals surface area contributed by atoms with Gasteiger partial charge in [-0.1, -0.05) is 12.1 Å². The third kappa shape index (κ3) is 4.40. The normalized spacial score (nSPS) is 15.8. The average Bonchev–Trinajstić information content (AvgIpc) is 3.45. The Morgan fingerprint density at radius 1 is 1.24 bits per heavy atom. The zero-order valence-electron chi connectivity index (χ0n) is 17.0. The van der Waals surface area contributed by atoms with E-state index >= 15 is 0 Å². The Labute approximate surface area is 189 Å². The van der Waals surface area contributed by atoms with Gasteiger partial charge in [-0.2, -0.15) is 28.4 Å². The zero-order chi connectivity index (χ0) is 23.2. The van der Waals surface area contributed by atoms with Gasteiger partial charge in [0.25, 0.3) is 0 Å². The number of benzene rings is 1. The molecule has 2 aliphatic rings. The molecule has 0 atom stereocenters. The highest BCUT2D eigenvalue weighted by Crippen LogP contribution is 2.46. The standard InChI is InChI=1S/C20H17F3N6O3S/c21-20(22,23)10-28-19(24-11-26-28)29-8-15-14-2-1-12(5-16(14)32-4-3-17(15)33-29)13-6-25-27(7-13)9-18(30)31/h1-2,5-7,11H,3-4,8-10H2,(H,30,31). The fraction of sp³-hybridized carbons (Fsp3) is 0.300. The number of hydrogen-bond acceptors (Lipinski definition) is 7. The third-order valence-corrected chi connectivity index (χ3v) is 6.35. The number of rotatable bonds is 5. The monoisotopic (exact) mass is 478 g/mol. The topological polar surface area (TPSA) is 98.3 Å². The van der Waals surface area contributed by atoms with Gasteiger partial charge >= 0.3 is 12.1 Å². The van der Waals surface area contributed by atoms with E-state index in [1.807, 2.05) is 18.2 Å². The van der Waals surface area contributed by atoms with E-state index in [-0.39, 0.29) is 12.5 Å². The quantitative estimate of drug-likeness (QED) is 0.557. The molecule has 0 saturated heterocycles. The van der Waals surface area contributed by atoms with E-state index in [1.54, 1.807) is 16.7 Å². The first-order valence-corrected chi connectivity index (χ1v) is 10.7. The smallest absolute Gasteiger partial charge is 0.408 e. The molecule has 9 nitrogen and oxygen atoms in total. The Kier molecular flexibility index (Phi) is 5.27. The molecule has 2 aliphatic heterocycles. The van der Waals surface area contributed by atoms with Crippen LogP contribution in [0.15, 0.2) is 41.8 Å². The van der Waals surface area contributed by atoms with Gasteiger partial charge < -0.3 is 9.84 Å². The number of anilines is 1. The lowest BCUT2D eigenvalue weighted by atomic mass is 10.00. The Morgan fingerprint density at radius 3 is 2.88 bits per heavy atom. The van der Waals surface area contributed by atoms with Gasteiger partial charge in [-0.15, -0.1) is 0 Å². The Balaban J connectivity index is 1.40. The summed E-state index contributed by atoms with van der Waals surface area (Å²) >= 11 is 1.35. The minimum Gasteiger partial charge on any atom is -0.493 e. The van der Waals surface area contributed by atoms with Gasteiger partial charge in [-0.25, -0.2) is 4.68 Å². The lowest BCUT2D eigenvalue weighted by Gasteiger charge is -2.19. The number of ether oxygens (including phenoxy) is 1. The fourth-order valence-corrected chi connectivity index (χ4v) is 4.93. The van der Waals surface area contributed by atoms with Gasteiger partial charge in [0.1, 0.15) is 25.2 Å². The summed E-state index contributed by atoms with van der Waals surface area (Å²) in [6.45, 7) is -0.654. The van der Waals surface area contributed by atoms with Gasteiger partial charge in [0.15, 0.2) is 0 Å². The van der Waals surface area contributed by atoms with Crippen LogP contribution in [0.3, 0.4) is 0 Å². The average molecular weight is 478 g/mol. The highest BCUT2D eigenvalue weighted by molar-refractivity contribution is 8.04. The van der Waals surface area contributed by atoms with Crippen LogP contribution in [-0.4, -0.2) is 54.9 Å². The summed E-state index contributed by atoms with van der Waals surface area (Å²) in [5.74, 6) is -0.179. The van der Waals surface area contributed by atoms with Crippen molar-refractivity contribution in [3.05, 3.63) is 47.4 Å². The van der Waals surface area contributed by atoms with Crippen molar-refractivity contribution in [1.29, 1.82) is 0 Å². The number of aromatic nitrogens is 5. The van der Waals surface area contributed by atoms with E-state index in [0.717, 1.165) is 38.2 Å². The molecule has 0 amide bonds. The van der Waals surface area contributed by atoms with Crippen molar-refractivity contribution in [3.63, 3.8) is 0 Å². The van der Waals surface area contributed by atoms with Crippen LogP contribution in [0.4, 0.5) is 19.1 Å². The number of alkyl halides is 3. The van der Waals surface area contributed by atoms with Crippen LogP contribution in [0.2, 0.25) is 0 Å². The maximum atomic E-state index is 12.9. The highest BCUT2D eigenvalue weighted by atomic mass is 32.2. The van der Waals surface area contributed by atoms with Crippen molar-refractivity contribution in [2.75, 3.05) is 17.5 Å². The molecular formula is C20H17F3N6O3S. The third-order valence-electron chi connectivity index (χ3n) is 5.16. The van der Waals surface area contributed by atoms with E-state index in [9.17, 15) is 18.0 Å². The molecule has 4 heterocycles. The molecule has 0 unspecified atom stereocenters.